The number of hydrogen-bond acceptors (Lipinski definition) is 5. The molecule has 0 aliphatic carbocycles. The SMILES string of the molecule is CC(=O)Nc1cccc(NC(=O)c2cnn(-c3ccc(=O)[nH]n3)c2C)c1. The molecule has 0 bridgehead atoms. The third-order valence-corrected chi connectivity index (χ3v) is 3.58. The van der Waals surface area contributed by atoms with Gasteiger partial charge in [0.1, 0.15) is 0 Å². The van der Waals surface area contributed by atoms with E-state index in [1.54, 1.807) is 31.2 Å². The minimum absolute atomic E-state index is 0.195. The van der Waals surface area contributed by atoms with Crippen molar-refractivity contribution < 1.29 is 9.59 Å². The molecule has 2 amide bonds. The van der Waals surface area contributed by atoms with E-state index in [1.807, 2.05) is 0 Å². The summed E-state index contributed by atoms with van der Waals surface area (Å²) < 4.78 is 1.46. The normalized spacial score (nSPS) is 10.4. The molecule has 0 saturated heterocycles. The van der Waals surface area contributed by atoms with E-state index in [9.17, 15) is 14.4 Å². The topological polar surface area (TPSA) is 122 Å². The number of anilines is 2. The monoisotopic (exact) mass is 352 g/mol. The Morgan fingerprint density at radius 3 is 2.50 bits per heavy atom. The third-order valence-electron chi connectivity index (χ3n) is 3.58. The summed E-state index contributed by atoms with van der Waals surface area (Å²) in [5, 5.41) is 15.8. The van der Waals surface area contributed by atoms with Crippen molar-refractivity contribution in [3.05, 3.63) is 64.2 Å². The minimum atomic E-state index is -0.349. The molecule has 0 spiro atoms. The number of rotatable bonds is 4. The van der Waals surface area contributed by atoms with E-state index in [1.165, 1.54) is 29.9 Å². The highest BCUT2D eigenvalue weighted by Crippen LogP contribution is 2.18. The first-order chi connectivity index (χ1) is 12.4. The maximum Gasteiger partial charge on any atom is 0.264 e. The zero-order valence-electron chi connectivity index (χ0n) is 14.1. The summed E-state index contributed by atoms with van der Waals surface area (Å²) in [6.07, 6.45) is 1.43. The summed E-state index contributed by atoms with van der Waals surface area (Å²) in [5.41, 5.74) is 1.73. The molecular formula is C17H16N6O3. The van der Waals surface area contributed by atoms with Gasteiger partial charge in [0.15, 0.2) is 5.82 Å². The maximum atomic E-state index is 12.5. The van der Waals surface area contributed by atoms with Gasteiger partial charge in [-0.1, -0.05) is 6.07 Å². The van der Waals surface area contributed by atoms with Crippen LogP contribution >= 0.6 is 0 Å². The van der Waals surface area contributed by atoms with E-state index >= 15 is 0 Å². The van der Waals surface area contributed by atoms with Gasteiger partial charge in [0.25, 0.3) is 11.5 Å². The molecule has 3 rings (SSSR count). The highest BCUT2D eigenvalue weighted by atomic mass is 16.2. The molecule has 9 heteroatoms. The fraction of sp³-hybridized carbons (Fsp3) is 0.118. The summed E-state index contributed by atoms with van der Waals surface area (Å²) in [6.45, 7) is 3.14. The molecule has 26 heavy (non-hydrogen) atoms. The van der Waals surface area contributed by atoms with Crippen molar-refractivity contribution in [1.82, 2.24) is 20.0 Å². The Bertz CT molecular complexity index is 1020. The van der Waals surface area contributed by atoms with E-state index in [0.717, 1.165) is 0 Å². The van der Waals surface area contributed by atoms with Crippen molar-refractivity contribution in [2.75, 3.05) is 10.6 Å². The lowest BCUT2D eigenvalue weighted by Crippen LogP contribution is -2.14. The van der Waals surface area contributed by atoms with Crippen molar-refractivity contribution >= 4 is 23.2 Å². The molecule has 9 nitrogen and oxygen atoms in total. The molecule has 0 unspecified atom stereocenters. The molecule has 0 saturated carbocycles. The summed E-state index contributed by atoms with van der Waals surface area (Å²) in [6, 6.07) is 9.66. The average molecular weight is 352 g/mol. The second-order valence-corrected chi connectivity index (χ2v) is 5.55. The number of carbonyl (C=O) groups excluding carboxylic acids is 2. The standard InChI is InChI=1S/C17H16N6O3/c1-10-14(9-18-23(10)15-6-7-16(25)22-21-15)17(26)20-13-5-3-4-12(8-13)19-11(2)24/h3-9H,1-2H3,(H,19,24)(H,20,26)(H,22,25). The number of hydrogen-bond donors (Lipinski definition) is 3. The molecule has 2 aromatic heterocycles. The first-order valence-corrected chi connectivity index (χ1v) is 7.74. The molecule has 2 heterocycles. The fourth-order valence-electron chi connectivity index (χ4n) is 2.39. The zero-order valence-corrected chi connectivity index (χ0v) is 14.1. The smallest absolute Gasteiger partial charge is 0.264 e. The van der Waals surface area contributed by atoms with Gasteiger partial charge in [-0.3, -0.25) is 14.4 Å². The molecule has 132 valence electrons. The highest BCUT2D eigenvalue weighted by Gasteiger charge is 2.16. The molecule has 0 atom stereocenters. The van der Waals surface area contributed by atoms with Gasteiger partial charge in [-0.15, -0.1) is 0 Å². The lowest BCUT2D eigenvalue weighted by molar-refractivity contribution is -0.114. The summed E-state index contributed by atoms with van der Waals surface area (Å²) >= 11 is 0. The van der Waals surface area contributed by atoms with Crippen LogP contribution in [-0.4, -0.2) is 31.8 Å². The Morgan fingerprint density at radius 1 is 1.12 bits per heavy atom. The number of H-pyrrole nitrogens is 1. The van der Waals surface area contributed by atoms with E-state index in [2.05, 4.69) is 25.9 Å². The van der Waals surface area contributed by atoms with Crippen LogP contribution in [0.3, 0.4) is 0 Å². The molecule has 1 aromatic carbocycles. The first kappa shape index (κ1) is 17.1. The van der Waals surface area contributed by atoms with Gasteiger partial charge in [-0.2, -0.15) is 10.2 Å². The second-order valence-electron chi connectivity index (χ2n) is 5.55. The van der Waals surface area contributed by atoms with Crippen molar-refractivity contribution in [1.29, 1.82) is 0 Å². The van der Waals surface area contributed by atoms with Crippen LogP contribution in [0.25, 0.3) is 5.82 Å². The van der Waals surface area contributed by atoms with Crippen molar-refractivity contribution in [3.8, 4) is 5.82 Å². The number of nitrogens with one attached hydrogen (secondary N) is 3. The van der Waals surface area contributed by atoms with Crippen LogP contribution < -0.4 is 16.2 Å². The third kappa shape index (κ3) is 3.66. The molecule has 0 fully saturated rings. The highest BCUT2D eigenvalue weighted by molar-refractivity contribution is 6.05. The lowest BCUT2D eigenvalue weighted by Gasteiger charge is -2.08. The van der Waals surface area contributed by atoms with Crippen molar-refractivity contribution in [2.24, 2.45) is 0 Å². The molecular weight excluding hydrogens is 336 g/mol. The molecule has 0 aliphatic heterocycles. The molecule has 3 N–H and O–H groups in total. The van der Waals surface area contributed by atoms with Crippen LogP contribution in [0.5, 0.6) is 0 Å². The van der Waals surface area contributed by atoms with Crippen LogP contribution in [-0.2, 0) is 4.79 Å². The molecule has 0 radical (unpaired) electrons. The van der Waals surface area contributed by atoms with E-state index in [4.69, 9.17) is 0 Å². The summed E-state index contributed by atoms with van der Waals surface area (Å²) in [4.78, 5) is 34.8. The van der Waals surface area contributed by atoms with Gasteiger partial charge in [-0.25, -0.2) is 9.78 Å². The first-order valence-electron chi connectivity index (χ1n) is 7.74. The van der Waals surface area contributed by atoms with E-state index in [-0.39, 0.29) is 17.4 Å². The van der Waals surface area contributed by atoms with Gasteiger partial charge in [0.05, 0.1) is 17.5 Å². The summed E-state index contributed by atoms with van der Waals surface area (Å²) in [5.74, 6) is -0.147. The van der Waals surface area contributed by atoms with Crippen molar-refractivity contribution in [2.45, 2.75) is 13.8 Å². The predicted octanol–water partition coefficient (Wildman–Crippen LogP) is 1.47. The zero-order chi connectivity index (χ0) is 18.7. The van der Waals surface area contributed by atoms with Crippen LogP contribution in [0.1, 0.15) is 23.0 Å². The minimum Gasteiger partial charge on any atom is -0.326 e. The average Bonchev–Trinajstić information content (AvgIpc) is 2.97. The van der Waals surface area contributed by atoms with E-state index in [0.29, 0.717) is 28.5 Å². The molecule has 0 aliphatic rings. The number of nitrogens with zero attached hydrogens (tertiary/aromatic N) is 3. The Balaban J connectivity index is 1.82. The predicted molar refractivity (Wildman–Crippen MR) is 95.4 cm³/mol. The number of aromatic amines is 1. The fourth-order valence-corrected chi connectivity index (χ4v) is 2.39. The number of amides is 2. The van der Waals surface area contributed by atoms with Gasteiger partial charge in [0.2, 0.25) is 5.91 Å². The van der Waals surface area contributed by atoms with Crippen LogP contribution in [0.2, 0.25) is 0 Å². The summed E-state index contributed by atoms with van der Waals surface area (Å²) in [7, 11) is 0. The van der Waals surface area contributed by atoms with Crippen LogP contribution in [0.4, 0.5) is 11.4 Å². The Kier molecular flexibility index (Phi) is 4.61. The number of benzene rings is 1. The number of carbonyl (C=O) groups is 2. The van der Waals surface area contributed by atoms with Gasteiger partial charge < -0.3 is 10.6 Å². The van der Waals surface area contributed by atoms with E-state index < -0.39 is 0 Å². The second kappa shape index (κ2) is 7.01. The van der Waals surface area contributed by atoms with Crippen LogP contribution in [0, 0.1) is 6.92 Å². The molecule has 3 aromatic rings. The maximum absolute atomic E-state index is 12.5. The van der Waals surface area contributed by atoms with Gasteiger partial charge >= 0.3 is 0 Å². The Labute approximate surface area is 148 Å². The van der Waals surface area contributed by atoms with Crippen molar-refractivity contribution in [3.63, 3.8) is 0 Å². The number of aromatic nitrogens is 4. The quantitative estimate of drug-likeness (QED) is 0.656. The largest absolute Gasteiger partial charge is 0.326 e. The van der Waals surface area contributed by atoms with Gasteiger partial charge in [-0.05, 0) is 31.2 Å². The lowest BCUT2D eigenvalue weighted by atomic mass is 10.2. The Hall–Kier alpha value is -3.75. The van der Waals surface area contributed by atoms with Crippen LogP contribution in [0.15, 0.2) is 47.4 Å². The Morgan fingerprint density at radius 2 is 1.85 bits per heavy atom. The van der Waals surface area contributed by atoms with Gasteiger partial charge in [0, 0.05) is 24.4 Å².